The number of aromatic nitrogens is 1. The van der Waals surface area contributed by atoms with Gasteiger partial charge in [0.2, 0.25) is 0 Å². The molecule has 3 aromatic rings. The van der Waals surface area contributed by atoms with E-state index < -0.39 is 4.92 Å². The van der Waals surface area contributed by atoms with Gasteiger partial charge in [0.1, 0.15) is 16.6 Å². The summed E-state index contributed by atoms with van der Waals surface area (Å²) in [6.45, 7) is 2.08. The first-order valence-electron chi connectivity index (χ1n) is 8.27. The van der Waals surface area contributed by atoms with Crippen molar-refractivity contribution in [1.82, 2.24) is 4.98 Å². The molecule has 6 nitrogen and oxygen atoms in total. The van der Waals surface area contributed by atoms with Crippen LogP contribution in [0.5, 0.6) is 0 Å². The normalized spacial score (nSPS) is 11.0. The van der Waals surface area contributed by atoms with Crippen LogP contribution in [0.15, 0.2) is 60.1 Å². The number of thiazole rings is 1. The lowest BCUT2D eigenvalue weighted by Crippen LogP contribution is -1.95. The first-order valence-corrected chi connectivity index (χ1v) is 9.15. The third-order valence-corrected chi connectivity index (χ3v) is 4.87. The van der Waals surface area contributed by atoms with Crippen LogP contribution in [-0.2, 0) is 6.42 Å². The molecule has 0 bridgehead atoms. The minimum absolute atomic E-state index is 0.0330. The van der Waals surface area contributed by atoms with Gasteiger partial charge in [-0.2, -0.15) is 5.26 Å². The number of allylic oxidation sites excluding steroid dienone is 1. The van der Waals surface area contributed by atoms with E-state index in [1.165, 1.54) is 23.5 Å². The third-order valence-electron chi connectivity index (χ3n) is 4.00. The van der Waals surface area contributed by atoms with Crippen LogP contribution >= 0.6 is 11.3 Å². The smallest absolute Gasteiger partial charge is 0.269 e. The molecule has 0 aliphatic carbocycles. The number of nitrogens with zero attached hydrogens (tertiary/aromatic N) is 3. The number of nitriles is 1. The summed E-state index contributed by atoms with van der Waals surface area (Å²) < 4.78 is 0. The second-order valence-corrected chi connectivity index (χ2v) is 6.52. The molecule has 1 heterocycles. The van der Waals surface area contributed by atoms with Gasteiger partial charge >= 0.3 is 0 Å². The molecular weight excluding hydrogens is 360 g/mol. The Morgan fingerprint density at radius 3 is 2.70 bits per heavy atom. The monoisotopic (exact) mass is 376 g/mol. The quantitative estimate of drug-likeness (QED) is 0.360. The third kappa shape index (κ3) is 4.19. The Balaban J connectivity index is 1.83. The van der Waals surface area contributed by atoms with Crippen molar-refractivity contribution in [3.63, 3.8) is 0 Å². The molecule has 3 rings (SSSR count). The van der Waals surface area contributed by atoms with Crippen molar-refractivity contribution >= 4 is 28.3 Å². The predicted molar refractivity (Wildman–Crippen MR) is 107 cm³/mol. The molecule has 0 radical (unpaired) electrons. The molecule has 0 unspecified atom stereocenters. The number of rotatable bonds is 6. The average Bonchev–Trinajstić information content (AvgIpc) is 3.19. The lowest BCUT2D eigenvalue weighted by atomic mass is 10.1. The van der Waals surface area contributed by atoms with E-state index in [0.29, 0.717) is 16.3 Å². The van der Waals surface area contributed by atoms with Crippen LogP contribution in [0.3, 0.4) is 0 Å². The summed E-state index contributed by atoms with van der Waals surface area (Å²) in [4.78, 5) is 14.8. The zero-order valence-corrected chi connectivity index (χ0v) is 15.4. The fraction of sp³-hybridized carbons (Fsp3) is 0.100. The summed E-state index contributed by atoms with van der Waals surface area (Å²) in [6.07, 6.45) is 2.55. The molecule has 1 N–H and O–H groups in total. The molecule has 0 saturated heterocycles. The van der Waals surface area contributed by atoms with Crippen molar-refractivity contribution in [3.8, 4) is 17.3 Å². The van der Waals surface area contributed by atoms with Crippen LogP contribution in [0.2, 0.25) is 0 Å². The number of hydrogen-bond acceptors (Lipinski definition) is 6. The number of nitro groups is 1. The van der Waals surface area contributed by atoms with Gasteiger partial charge in [0.25, 0.3) is 5.69 Å². The fourth-order valence-corrected chi connectivity index (χ4v) is 3.34. The summed E-state index contributed by atoms with van der Waals surface area (Å²) in [5, 5.41) is 25.9. The van der Waals surface area contributed by atoms with E-state index in [-0.39, 0.29) is 5.69 Å². The molecule has 0 saturated carbocycles. The number of hydrogen-bond donors (Lipinski definition) is 1. The molecule has 7 heteroatoms. The molecule has 1 aromatic heterocycles. The minimum atomic E-state index is -0.438. The van der Waals surface area contributed by atoms with Crippen LogP contribution in [-0.4, -0.2) is 9.91 Å². The van der Waals surface area contributed by atoms with Gasteiger partial charge in [0, 0.05) is 35.0 Å². The number of anilines is 1. The summed E-state index contributed by atoms with van der Waals surface area (Å²) in [6, 6.07) is 16.3. The Bertz CT molecular complexity index is 1030. The molecule has 0 fully saturated rings. The van der Waals surface area contributed by atoms with Crippen LogP contribution in [0.4, 0.5) is 11.4 Å². The Kier molecular flexibility index (Phi) is 5.59. The van der Waals surface area contributed by atoms with Crippen LogP contribution < -0.4 is 5.32 Å². The molecule has 0 atom stereocenters. The first-order chi connectivity index (χ1) is 13.1. The van der Waals surface area contributed by atoms with Crippen molar-refractivity contribution in [2.45, 2.75) is 13.3 Å². The van der Waals surface area contributed by atoms with E-state index in [2.05, 4.69) is 23.3 Å². The Labute approximate surface area is 160 Å². The standard InChI is InChI=1S/C20H16N4O2S/c1-2-14-5-3-4-6-18(14)22-12-16(11-21)20-23-19(13-27-20)15-7-9-17(10-8-15)24(25)26/h3-10,12-13,22H,2H2,1H3. The number of nitrogens with one attached hydrogen (secondary N) is 1. The molecule has 0 aliphatic rings. The summed E-state index contributed by atoms with van der Waals surface area (Å²) in [5.41, 5.74) is 4.03. The van der Waals surface area contributed by atoms with Crippen LogP contribution in [0, 0.1) is 21.4 Å². The molecule has 0 aliphatic heterocycles. The van der Waals surface area contributed by atoms with Crippen molar-refractivity contribution in [1.29, 1.82) is 5.26 Å². The number of para-hydroxylation sites is 1. The van der Waals surface area contributed by atoms with Gasteiger partial charge in [-0.3, -0.25) is 10.1 Å². The van der Waals surface area contributed by atoms with Crippen molar-refractivity contribution in [2.24, 2.45) is 0 Å². The highest BCUT2D eigenvalue weighted by atomic mass is 32.1. The largest absolute Gasteiger partial charge is 0.360 e. The van der Waals surface area contributed by atoms with Crippen molar-refractivity contribution in [3.05, 3.63) is 80.8 Å². The lowest BCUT2D eigenvalue weighted by Gasteiger charge is -2.07. The van der Waals surface area contributed by atoms with Gasteiger partial charge in [-0.25, -0.2) is 4.98 Å². The molecule has 134 valence electrons. The maximum atomic E-state index is 10.8. The van der Waals surface area contributed by atoms with Gasteiger partial charge in [-0.15, -0.1) is 11.3 Å². The summed E-state index contributed by atoms with van der Waals surface area (Å²) >= 11 is 1.36. The minimum Gasteiger partial charge on any atom is -0.360 e. The average molecular weight is 376 g/mol. The molecule has 0 amide bonds. The molecule has 2 aromatic carbocycles. The fourth-order valence-electron chi connectivity index (χ4n) is 2.55. The van der Waals surface area contributed by atoms with Crippen LogP contribution in [0.1, 0.15) is 17.5 Å². The summed E-state index contributed by atoms with van der Waals surface area (Å²) in [7, 11) is 0. The van der Waals surface area contributed by atoms with E-state index in [4.69, 9.17) is 0 Å². The van der Waals surface area contributed by atoms with Gasteiger partial charge in [0.15, 0.2) is 0 Å². The van der Waals surface area contributed by atoms with E-state index in [9.17, 15) is 15.4 Å². The van der Waals surface area contributed by atoms with Crippen molar-refractivity contribution in [2.75, 3.05) is 5.32 Å². The Morgan fingerprint density at radius 2 is 2.04 bits per heavy atom. The first kappa shape index (κ1) is 18.3. The topological polar surface area (TPSA) is 91.8 Å². The Morgan fingerprint density at radius 1 is 1.30 bits per heavy atom. The van der Waals surface area contributed by atoms with Gasteiger partial charge in [0.05, 0.1) is 10.6 Å². The van der Waals surface area contributed by atoms with Crippen molar-refractivity contribution < 1.29 is 4.92 Å². The number of aryl methyl sites for hydroxylation is 1. The second-order valence-electron chi connectivity index (χ2n) is 5.67. The zero-order chi connectivity index (χ0) is 19.2. The highest BCUT2D eigenvalue weighted by Crippen LogP contribution is 2.27. The predicted octanol–water partition coefficient (Wildman–Crippen LogP) is 5.26. The Hall–Kier alpha value is -3.50. The number of benzene rings is 2. The highest BCUT2D eigenvalue weighted by Gasteiger charge is 2.11. The van der Waals surface area contributed by atoms with Crippen LogP contribution in [0.25, 0.3) is 16.8 Å². The SMILES string of the molecule is CCc1ccccc1NC=C(C#N)c1nc(-c2ccc([N+](=O)[O-])cc2)cs1. The molecule has 0 spiro atoms. The maximum Gasteiger partial charge on any atom is 0.269 e. The maximum absolute atomic E-state index is 10.8. The molecular formula is C20H16N4O2S. The van der Waals surface area contributed by atoms with E-state index in [0.717, 1.165) is 23.2 Å². The number of non-ortho nitro benzene ring substituents is 1. The zero-order valence-electron chi connectivity index (χ0n) is 14.5. The molecule has 27 heavy (non-hydrogen) atoms. The van der Waals surface area contributed by atoms with Gasteiger partial charge in [-0.05, 0) is 30.2 Å². The van der Waals surface area contributed by atoms with E-state index >= 15 is 0 Å². The van der Waals surface area contributed by atoms with Gasteiger partial charge < -0.3 is 5.32 Å². The highest BCUT2D eigenvalue weighted by molar-refractivity contribution is 7.11. The number of nitro benzene ring substituents is 1. The van der Waals surface area contributed by atoms with Gasteiger partial charge in [-0.1, -0.05) is 25.1 Å². The van der Waals surface area contributed by atoms with E-state index in [1.54, 1.807) is 18.3 Å². The van der Waals surface area contributed by atoms with E-state index in [1.807, 2.05) is 29.6 Å². The lowest BCUT2D eigenvalue weighted by molar-refractivity contribution is -0.384. The summed E-state index contributed by atoms with van der Waals surface area (Å²) in [5.74, 6) is 0. The second kappa shape index (κ2) is 8.25.